The summed E-state index contributed by atoms with van der Waals surface area (Å²) in [6, 6.07) is 0. The van der Waals surface area contributed by atoms with Gasteiger partial charge >= 0.3 is 11.9 Å². The Balaban J connectivity index is 2.85. The highest BCUT2D eigenvalue weighted by Gasteiger charge is 2.35. The third kappa shape index (κ3) is 3.58. The molecule has 6 nitrogen and oxygen atoms in total. The van der Waals surface area contributed by atoms with E-state index in [9.17, 15) is 9.59 Å². The Kier molecular flexibility index (Phi) is 3.88. The van der Waals surface area contributed by atoms with Gasteiger partial charge in [0.15, 0.2) is 5.72 Å². The van der Waals surface area contributed by atoms with Gasteiger partial charge in [0.1, 0.15) is 0 Å². The van der Waals surface area contributed by atoms with Crippen LogP contribution >= 0.6 is 0 Å². The third-order valence-corrected chi connectivity index (χ3v) is 2.07. The lowest BCUT2D eigenvalue weighted by Gasteiger charge is -2.40. The number of hydrogen-bond donors (Lipinski definition) is 0. The highest BCUT2D eigenvalue weighted by molar-refractivity contribution is 5.72. The zero-order chi connectivity index (χ0) is 13.1. The Morgan fingerprint density at radius 3 is 2.47 bits per heavy atom. The molecule has 0 aromatic rings. The highest BCUT2D eigenvalue weighted by atomic mass is 16.6. The SMILES string of the molecule is CC(=O)OC1N=CC=CN1C(C)(C)OC(C)=O. The van der Waals surface area contributed by atoms with Crippen molar-refractivity contribution in [2.24, 2.45) is 4.99 Å². The van der Waals surface area contributed by atoms with E-state index in [1.54, 1.807) is 31.0 Å². The van der Waals surface area contributed by atoms with Gasteiger partial charge in [0.25, 0.3) is 6.35 Å². The van der Waals surface area contributed by atoms with E-state index in [1.165, 1.54) is 20.1 Å². The molecule has 1 aliphatic heterocycles. The van der Waals surface area contributed by atoms with Crippen LogP contribution in [0.3, 0.4) is 0 Å². The lowest BCUT2D eigenvalue weighted by atomic mass is 10.2. The van der Waals surface area contributed by atoms with Crippen LogP contribution in [0.15, 0.2) is 17.3 Å². The van der Waals surface area contributed by atoms with Crippen LogP contribution < -0.4 is 0 Å². The molecular weight excluding hydrogens is 224 g/mol. The van der Waals surface area contributed by atoms with Crippen molar-refractivity contribution in [3.63, 3.8) is 0 Å². The first kappa shape index (κ1) is 13.2. The summed E-state index contributed by atoms with van der Waals surface area (Å²) in [6.07, 6.45) is 4.04. The molecule has 0 amide bonds. The second kappa shape index (κ2) is 4.99. The maximum absolute atomic E-state index is 11.0. The fourth-order valence-corrected chi connectivity index (χ4v) is 1.49. The molecular formula is C11H16N2O4. The van der Waals surface area contributed by atoms with Crippen molar-refractivity contribution in [1.82, 2.24) is 4.90 Å². The minimum Gasteiger partial charge on any atom is -0.440 e. The maximum atomic E-state index is 11.0. The predicted octanol–water partition coefficient (Wildman–Crippen LogP) is 1.03. The number of aliphatic imine (C=N–C) groups is 1. The van der Waals surface area contributed by atoms with Gasteiger partial charge in [-0.2, -0.15) is 0 Å². The fraction of sp³-hybridized carbons (Fsp3) is 0.545. The van der Waals surface area contributed by atoms with Crippen molar-refractivity contribution in [3.8, 4) is 0 Å². The summed E-state index contributed by atoms with van der Waals surface area (Å²) >= 11 is 0. The van der Waals surface area contributed by atoms with E-state index in [1.807, 2.05) is 0 Å². The van der Waals surface area contributed by atoms with E-state index >= 15 is 0 Å². The van der Waals surface area contributed by atoms with Crippen molar-refractivity contribution in [1.29, 1.82) is 0 Å². The minimum atomic E-state index is -0.944. The van der Waals surface area contributed by atoms with Gasteiger partial charge in [0, 0.05) is 26.3 Å². The molecule has 1 heterocycles. The molecule has 0 aromatic heterocycles. The highest BCUT2D eigenvalue weighted by Crippen LogP contribution is 2.23. The third-order valence-electron chi connectivity index (χ3n) is 2.07. The molecule has 6 heteroatoms. The van der Waals surface area contributed by atoms with Crippen molar-refractivity contribution < 1.29 is 19.1 Å². The van der Waals surface area contributed by atoms with Crippen LogP contribution in [0.1, 0.15) is 27.7 Å². The summed E-state index contributed by atoms with van der Waals surface area (Å²) in [7, 11) is 0. The first-order valence-electron chi connectivity index (χ1n) is 5.18. The number of carbonyl (C=O) groups excluding carboxylic acids is 2. The van der Waals surface area contributed by atoms with Gasteiger partial charge < -0.3 is 9.47 Å². The van der Waals surface area contributed by atoms with Gasteiger partial charge in [0.05, 0.1) is 0 Å². The number of rotatable bonds is 3. The molecule has 94 valence electrons. The maximum Gasteiger partial charge on any atom is 0.305 e. The lowest BCUT2D eigenvalue weighted by molar-refractivity contribution is -0.193. The molecule has 0 aliphatic carbocycles. The summed E-state index contributed by atoms with van der Waals surface area (Å²) < 4.78 is 10.2. The summed E-state index contributed by atoms with van der Waals surface area (Å²) in [5.74, 6) is -0.870. The number of esters is 2. The number of ether oxygens (including phenoxy) is 2. The van der Waals surface area contributed by atoms with Gasteiger partial charge in [-0.05, 0) is 19.9 Å². The van der Waals surface area contributed by atoms with Crippen molar-refractivity contribution in [2.75, 3.05) is 0 Å². The minimum absolute atomic E-state index is 0.417. The van der Waals surface area contributed by atoms with Gasteiger partial charge in [-0.15, -0.1) is 0 Å². The van der Waals surface area contributed by atoms with Crippen molar-refractivity contribution in [3.05, 3.63) is 12.3 Å². The largest absolute Gasteiger partial charge is 0.440 e. The number of allylic oxidation sites excluding steroid dienone is 1. The first-order chi connectivity index (χ1) is 7.83. The second-order valence-corrected chi connectivity index (χ2v) is 4.02. The van der Waals surface area contributed by atoms with Crippen molar-refractivity contribution >= 4 is 18.2 Å². The molecule has 0 saturated carbocycles. The molecule has 0 saturated heterocycles. The zero-order valence-corrected chi connectivity index (χ0v) is 10.3. The van der Waals surface area contributed by atoms with Crippen LogP contribution in [0.5, 0.6) is 0 Å². The zero-order valence-electron chi connectivity index (χ0n) is 10.3. The molecule has 0 spiro atoms. The normalized spacial score (nSPS) is 19.1. The molecule has 17 heavy (non-hydrogen) atoms. The van der Waals surface area contributed by atoms with Crippen LogP contribution in [0.25, 0.3) is 0 Å². The topological polar surface area (TPSA) is 68.2 Å². The van der Waals surface area contributed by atoms with Crippen LogP contribution in [-0.4, -0.2) is 35.1 Å². The molecule has 0 radical (unpaired) electrons. The molecule has 1 aliphatic rings. The van der Waals surface area contributed by atoms with Crippen LogP contribution in [0.2, 0.25) is 0 Å². The van der Waals surface area contributed by atoms with Gasteiger partial charge in [-0.3, -0.25) is 14.5 Å². The van der Waals surface area contributed by atoms with Crippen LogP contribution in [0, 0.1) is 0 Å². The first-order valence-corrected chi connectivity index (χ1v) is 5.18. The van der Waals surface area contributed by atoms with Crippen molar-refractivity contribution in [2.45, 2.75) is 39.8 Å². The number of hydrogen-bond acceptors (Lipinski definition) is 6. The molecule has 1 atom stereocenters. The van der Waals surface area contributed by atoms with E-state index in [0.717, 1.165) is 0 Å². The quantitative estimate of drug-likeness (QED) is 0.689. The molecule has 0 N–H and O–H groups in total. The Hall–Kier alpha value is -1.85. The molecule has 1 rings (SSSR count). The summed E-state index contributed by atoms with van der Waals surface area (Å²) in [6.45, 7) is 6.00. The van der Waals surface area contributed by atoms with Gasteiger partial charge in [-0.1, -0.05) is 0 Å². The lowest BCUT2D eigenvalue weighted by Crippen LogP contribution is -2.50. The molecule has 0 aromatic carbocycles. The average Bonchev–Trinajstić information content (AvgIpc) is 2.15. The van der Waals surface area contributed by atoms with E-state index in [-0.39, 0.29) is 0 Å². The van der Waals surface area contributed by atoms with E-state index in [2.05, 4.69) is 4.99 Å². The standard InChI is InChI=1S/C11H16N2O4/c1-8(14)16-10-12-6-5-7-13(10)11(3,4)17-9(2)15/h5-7,10H,1-4H3. The predicted molar refractivity (Wildman–Crippen MR) is 60.9 cm³/mol. The molecule has 0 bridgehead atoms. The monoisotopic (exact) mass is 240 g/mol. The fourth-order valence-electron chi connectivity index (χ4n) is 1.49. The average molecular weight is 240 g/mol. The molecule has 1 unspecified atom stereocenters. The van der Waals surface area contributed by atoms with E-state index in [4.69, 9.17) is 9.47 Å². The summed E-state index contributed by atoms with van der Waals surface area (Å²) in [5.41, 5.74) is -0.944. The Labute approximate surface area is 99.9 Å². The smallest absolute Gasteiger partial charge is 0.305 e. The molecule has 0 fully saturated rings. The van der Waals surface area contributed by atoms with Crippen LogP contribution in [0.4, 0.5) is 0 Å². The second-order valence-electron chi connectivity index (χ2n) is 4.02. The Morgan fingerprint density at radius 2 is 1.94 bits per heavy atom. The van der Waals surface area contributed by atoms with Crippen LogP contribution in [-0.2, 0) is 19.1 Å². The van der Waals surface area contributed by atoms with E-state index < -0.39 is 24.0 Å². The number of nitrogens with zero attached hydrogens (tertiary/aromatic N) is 2. The number of carbonyl (C=O) groups is 2. The Bertz CT molecular complexity index is 374. The van der Waals surface area contributed by atoms with E-state index in [0.29, 0.717) is 0 Å². The summed E-state index contributed by atoms with van der Waals surface area (Å²) in [5, 5.41) is 0. The van der Waals surface area contributed by atoms with Gasteiger partial charge in [0.2, 0.25) is 0 Å². The van der Waals surface area contributed by atoms with Gasteiger partial charge in [-0.25, -0.2) is 4.99 Å². The summed E-state index contributed by atoms with van der Waals surface area (Å²) in [4.78, 5) is 27.5. The Morgan fingerprint density at radius 1 is 1.29 bits per heavy atom.